The summed E-state index contributed by atoms with van der Waals surface area (Å²) in [4.78, 5) is 24.8. The van der Waals surface area contributed by atoms with Crippen LogP contribution in [0, 0.1) is 37.5 Å². The monoisotopic (exact) mass is 355 g/mol. The fourth-order valence-corrected chi connectivity index (χ4v) is 4.96. The van der Waals surface area contributed by atoms with Gasteiger partial charge in [-0.15, -0.1) is 0 Å². The molecule has 0 unspecified atom stereocenters. The first-order chi connectivity index (χ1) is 13.0. The van der Waals surface area contributed by atoms with Gasteiger partial charge in [0, 0.05) is 11.8 Å². The summed E-state index contributed by atoms with van der Waals surface area (Å²) < 4.78 is 0. The minimum absolute atomic E-state index is 0.00376. The number of carbonyl (C=O) groups is 2. The topological polar surface area (TPSA) is 46.2 Å². The molecule has 3 heteroatoms. The molecule has 5 rings (SSSR count). The summed E-state index contributed by atoms with van der Waals surface area (Å²) in [5.41, 5.74) is 7.11. The van der Waals surface area contributed by atoms with Crippen LogP contribution in [0.15, 0.2) is 66.3 Å². The first-order valence-electron chi connectivity index (χ1n) is 9.46. The molecular formula is C24H21NO2. The van der Waals surface area contributed by atoms with Crippen molar-refractivity contribution in [1.82, 2.24) is 5.32 Å². The van der Waals surface area contributed by atoms with Crippen molar-refractivity contribution in [3.8, 4) is 0 Å². The Morgan fingerprint density at radius 2 is 1.11 bits per heavy atom. The van der Waals surface area contributed by atoms with Crippen molar-refractivity contribution >= 4 is 17.4 Å². The van der Waals surface area contributed by atoms with E-state index in [0.717, 1.165) is 11.1 Å². The lowest BCUT2D eigenvalue weighted by atomic mass is 9.85. The minimum atomic E-state index is -0.256. The minimum Gasteiger partial charge on any atom is -0.296 e. The molecule has 0 aromatic heterocycles. The molecule has 134 valence electrons. The number of carbonyl (C=O) groups excluding carboxylic acids is 2. The Morgan fingerprint density at radius 1 is 0.704 bits per heavy atom. The molecule has 1 heterocycles. The number of nitrogens with one attached hydrogen (secondary N) is 1. The van der Waals surface area contributed by atoms with Gasteiger partial charge in [-0.1, -0.05) is 71.8 Å². The highest BCUT2D eigenvalue weighted by atomic mass is 16.2. The second kappa shape index (κ2) is 5.78. The molecule has 1 N–H and O–H groups in total. The number of hydrogen-bond acceptors (Lipinski definition) is 2. The molecule has 2 amide bonds. The van der Waals surface area contributed by atoms with Gasteiger partial charge in [-0.25, -0.2) is 0 Å². The van der Waals surface area contributed by atoms with E-state index in [1.165, 1.54) is 22.3 Å². The molecule has 2 bridgehead atoms. The first kappa shape index (κ1) is 16.2. The highest BCUT2D eigenvalue weighted by molar-refractivity contribution is 6.08. The van der Waals surface area contributed by atoms with E-state index >= 15 is 0 Å². The number of rotatable bonds is 2. The van der Waals surface area contributed by atoms with Crippen molar-refractivity contribution in [2.75, 3.05) is 0 Å². The fourth-order valence-electron chi connectivity index (χ4n) is 4.96. The second-order valence-corrected chi connectivity index (χ2v) is 7.90. The molecule has 1 saturated heterocycles. The zero-order valence-electron chi connectivity index (χ0n) is 15.4. The maximum Gasteiger partial charge on any atom is 0.231 e. The quantitative estimate of drug-likeness (QED) is 0.658. The van der Waals surface area contributed by atoms with Gasteiger partial charge in [0.2, 0.25) is 11.8 Å². The molecule has 2 aromatic carbocycles. The molecule has 2 fully saturated rings. The van der Waals surface area contributed by atoms with E-state index in [1.807, 2.05) is 0 Å². The summed E-state index contributed by atoms with van der Waals surface area (Å²) in [5, 5.41) is 2.53. The Kier molecular flexibility index (Phi) is 3.48. The lowest BCUT2D eigenvalue weighted by molar-refractivity contribution is -0.126. The number of aryl methyl sites for hydroxylation is 2. The Hall–Kier alpha value is -2.94. The first-order valence-corrected chi connectivity index (χ1v) is 9.46. The molecule has 27 heavy (non-hydrogen) atoms. The number of fused-ring (bicyclic) bond motifs is 5. The average Bonchev–Trinajstić information content (AvgIpc) is 3.30. The van der Waals surface area contributed by atoms with Crippen LogP contribution in [0.1, 0.15) is 22.3 Å². The normalized spacial score (nSPS) is 27.9. The summed E-state index contributed by atoms with van der Waals surface area (Å²) in [7, 11) is 0. The van der Waals surface area contributed by atoms with Crippen LogP contribution in [-0.4, -0.2) is 11.8 Å². The van der Waals surface area contributed by atoms with E-state index in [4.69, 9.17) is 0 Å². The Balaban J connectivity index is 1.74. The van der Waals surface area contributed by atoms with Crippen molar-refractivity contribution < 1.29 is 9.59 Å². The molecular weight excluding hydrogens is 334 g/mol. The summed E-state index contributed by atoms with van der Waals surface area (Å²) in [5.74, 6) is -0.743. The maximum absolute atomic E-state index is 12.4. The molecule has 0 spiro atoms. The summed E-state index contributed by atoms with van der Waals surface area (Å²) in [6, 6.07) is 17.1. The summed E-state index contributed by atoms with van der Waals surface area (Å²) >= 11 is 0. The number of benzene rings is 2. The standard InChI is InChI=1S/C24H21NO2/c1-13-3-7-15(8-4-13)19(16-9-5-14(2)6-10-16)20-17-11-12-18(20)22-21(17)23(26)25-24(22)27/h3-12,17-18,21-22H,1-2H3,(H,25,26,27)/t17-,18-,21+,22+/m1/s1. The smallest absolute Gasteiger partial charge is 0.231 e. The van der Waals surface area contributed by atoms with E-state index in [-0.39, 0.29) is 35.5 Å². The summed E-state index contributed by atoms with van der Waals surface area (Å²) in [6.45, 7) is 4.16. The predicted molar refractivity (Wildman–Crippen MR) is 105 cm³/mol. The number of hydrogen-bond donors (Lipinski definition) is 1. The maximum atomic E-state index is 12.4. The number of allylic oxidation sites excluding steroid dienone is 3. The fraction of sp³-hybridized carbons (Fsp3) is 0.250. The number of amides is 2. The molecule has 0 radical (unpaired) electrons. The van der Waals surface area contributed by atoms with Gasteiger partial charge in [-0.05, 0) is 36.1 Å². The lowest BCUT2D eigenvalue weighted by Gasteiger charge is -2.18. The zero-order valence-corrected chi connectivity index (χ0v) is 15.4. The highest BCUT2D eigenvalue weighted by Gasteiger charge is 2.59. The second-order valence-electron chi connectivity index (χ2n) is 7.90. The van der Waals surface area contributed by atoms with Crippen molar-refractivity contribution in [2.24, 2.45) is 23.7 Å². The van der Waals surface area contributed by atoms with Crippen molar-refractivity contribution in [3.05, 3.63) is 88.5 Å². The van der Waals surface area contributed by atoms with Gasteiger partial charge in [0.15, 0.2) is 0 Å². The van der Waals surface area contributed by atoms with Crippen LogP contribution in [-0.2, 0) is 9.59 Å². The van der Waals surface area contributed by atoms with Gasteiger partial charge >= 0.3 is 0 Å². The van der Waals surface area contributed by atoms with Crippen LogP contribution in [0.4, 0.5) is 0 Å². The van der Waals surface area contributed by atoms with Crippen molar-refractivity contribution in [3.63, 3.8) is 0 Å². The van der Waals surface area contributed by atoms with E-state index < -0.39 is 0 Å². The van der Waals surface area contributed by atoms with Crippen LogP contribution in [0.3, 0.4) is 0 Å². The van der Waals surface area contributed by atoms with Crippen LogP contribution in [0.5, 0.6) is 0 Å². The van der Waals surface area contributed by atoms with Crippen LogP contribution < -0.4 is 5.32 Å². The predicted octanol–water partition coefficient (Wildman–Crippen LogP) is 3.81. The molecule has 1 aliphatic heterocycles. The third-order valence-corrected chi connectivity index (χ3v) is 6.23. The average molecular weight is 355 g/mol. The third kappa shape index (κ3) is 2.34. The summed E-state index contributed by atoms with van der Waals surface area (Å²) in [6.07, 6.45) is 4.25. The Labute approximate surface area is 158 Å². The van der Waals surface area contributed by atoms with E-state index in [1.54, 1.807) is 0 Å². The van der Waals surface area contributed by atoms with Gasteiger partial charge in [0.1, 0.15) is 0 Å². The van der Waals surface area contributed by atoms with Crippen LogP contribution >= 0.6 is 0 Å². The Bertz CT molecular complexity index is 932. The van der Waals surface area contributed by atoms with Gasteiger partial charge in [-0.2, -0.15) is 0 Å². The largest absolute Gasteiger partial charge is 0.296 e. The highest BCUT2D eigenvalue weighted by Crippen LogP contribution is 2.56. The van der Waals surface area contributed by atoms with Crippen LogP contribution in [0.2, 0.25) is 0 Å². The van der Waals surface area contributed by atoms with Gasteiger partial charge in [0.25, 0.3) is 0 Å². The van der Waals surface area contributed by atoms with Gasteiger partial charge in [-0.3, -0.25) is 14.9 Å². The van der Waals surface area contributed by atoms with Gasteiger partial charge < -0.3 is 0 Å². The molecule has 4 atom stereocenters. The lowest BCUT2D eigenvalue weighted by Crippen LogP contribution is -2.26. The van der Waals surface area contributed by atoms with Crippen molar-refractivity contribution in [1.29, 1.82) is 0 Å². The molecule has 2 aromatic rings. The van der Waals surface area contributed by atoms with E-state index in [9.17, 15) is 9.59 Å². The molecule has 2 aliphatic carbocycles. The molecule has 3 aliphatic rings. The SMILES string of the molecule is Cc1ccc(C(=C2[C@H]3C=C[C@H]2[C@@H]2C(=O)NC(=O)[C@H]23)c2ccc(C)cc2)cc1. The number of imide groups is 1. The van der Waals surface area contributed by atoms with E-state index in [0.29, 0.717) is 0 Å². The van der Waals surface area contributed by atoms with E-state index in [2.05, 4.69) is 79.8 Å². The van der Waals surface area contributed by atoms with Crippen LogP contribution in [0.25, 0.3) is 5.57 Å². The zero-order chi connectivity index (χ0) is 18.7. The molecule has 3 nitrogen and oxygen atoms in total. The molecule has 1 saturated carbocycles. The van der Waals surface area contributed by atoms with Crippen molar-refractivity contribution in [2.45, 2.75) is 13.8 Å². The Morgan fingerprint density at radius 3 is 1.52 bits per heavy atom. The van der Waals surface area contributed by atoms with Gasteiger partial charge in [0.05, 0.1) is 11.8 Å². The third-order valence-electron chi connectivity index (χ3n) is 6.23.